The Kier molecular flexibility index (Phi) is 8.01. The quantitative estimate of drug-likeness (QED) is 0.142. The second-order valence-electron chi connectivity index (χ2n) is 15.7. The summed E-state index contributed by atoms with van der Waals surface area (Å²) in [5, 5.41) is 3.79. The number of hydrogen-bond donors (Lipinski definition) is 0. The van der Waals surface area contributed by atoms with Crippen LogP contribution in [0.25, 0.3) is 22.3 Å². The average Bonchev–Trinajstić information content (AvgIpc) is 3.78. The van der Waals surface area contributed by atoms with Crippen molar-refractivity contribution in [1.82, 2.24) is 0 Å². The topological polar surface area (TPSA) is 0 Å². The molecule has 0 saturated heterocycles. The summed E-state index contributed by atoms with van der Waals surface area (Å²) in [4.78, 5) is 0. The van der Waals surface area contributed by atoms with E-state index in [0.717, 1.165) is 0 Å². The van der Waals surface area contributed by atoms with Crippen molar-refractivity contribution < 1.29 is 0 Å². The maximum atomic E-state index is 5.43. The molecule has 9 aromatic carbocycles. The molecule has 0 fully saturated rings. The fourth-order valence-electron chi connectivity index (χ4n) is 10.5. The van der Waals surface area contributed by atoms with E-state index in [1.807, 2.05) is 0 Å². The third-order valence-electron chi connectivity index (χ3n) is 13.0. The zero-order chi connectivity index (χ0) is 38.7. The molecular formula is C57H41P. The molecule has 0 amide bonds. The van der Waals surface area contributed by atoms with Crippen molar-refractivity contribution in [2.75, 3.05) is 0 Å². The monoisotopic (exact) mass is 756 g/mol. The van der Waals surface area contributed by atoms with E-state index in [1.54, 1.807) is 0 Å². The highest BCUT2D eigenvalue weighted by Crippen LogP contribution is 2.59. The van der Waals surface area contributed by atoms with Crippen molar-refractivity contribution in [3.8, 4) is 22.3 Å². The third kappa shape index (κ3) is 4.76. The van der Waals surface area contributed by atoms with E-state index in [1.165, 1.54) is 82.7 Å². The molecule has 274 valence electrons. The molecule has 0 nitrogen and oxygen atoms in total. The first-order valence-corrected chi connectivity index (χ1v) is 22.1. The summed E-state index contributed by atoms with van der Waals surface area (Å²) in [6.45, 7) is -2.51. The van der Waals surface area contributed by atoms with E-state index in [0.29, 0.717) is 0 Å². The summed E-state index contributed by atoms with van der Waals surface area (Å²) in [5.74, 6) is 0. The predicted molar refractivity (Wildman–Crippen MR) is 247 cm³/mol. The number of hydrogen-bond acceptors (Lipinski definition) is 0. The Morgan fingerprint density at radius 3 is 0.914 bits per heavy atom. The van der Waals surface area contributed by atoms with Crippen molar-refractivity contribution in [1.29, 1.82) is 0 Å². The lowest BCUT2D eigenvalue weighted by atomic mass is 9.68. The van der Waals surface area contributed by atoms with Gasteiger partial charge in [0.15, 0.2) is 0 Å². The Morgan fingerprint density at radius 2 is 0.552 bits per heavy atom. The normalized spacial score (nSPS) is 14.2. The Labute approximate surface area is 341 Å². The fourth-order valence-corrected chi connectivity index (χ4v) is 13.4. The standard InChI is InChI=1S/C57H41P/c1-58(45-29-15-6-16-30-45,46-35-37-50-48-31-17-19-33-52(48)56(54(50)39-46,41-21-7-2-8-22-41)42-23-9-3-10-24-42)47-36-38-51-49-32-18-20-34-53(49)57(55(51)40-47,43-25-11-4-12-26-43)44-27-13-5-14-28-44/h2-40H,1H2. The van der Waals surface area contributed by atoms with Crippen molar-refractivity contribution in [2.45, 2.75) is 10.8 Å². The molecule has 2 aliphatic rings. The molecule has 0 atom stereocenters. The van der Waals surface area contributed by atoms with Gasteiger partial charge in [-0.1, -0.05) is 231 Å². The molecule has 0 N–H and O–H groups in total. The van der Waals surface area contributed by atoms with E-state index in [9.17, 15) is 0 Å². The molecule has 9 aromatic rings. The Bertz CT molecular complexity index is 2740. The van der Waals surface area contributed by atoms with Gasteiger partial charge < -0.3 is 0 Å². The number of fused-ring (bicyclic) bond motifs is 6. The van der Waals surface area contributed by atoms with Crippen LogP contribution in [0.2, 0.25) is 0 Å². The summed E-state index contributed by atoms with van der Waals surface area (Å²) in [7, 11) is 0. The molecule has 11 rings (SSSR count). The van der Waals surface area contributed by atoms with Gasteiger partial charge in [0.05, 0.1) is 10.8 Å². The van der Waals surface area contributed by atoms with Crippen LogP contribution in [0.4, 0.5) is 0 Å². The van der Waals surface area contributed by atoms with Gasteiger partial charge in [-0.2, -0.15) is 0 Å². The van der Waals surface area contributed by atoms with Crippen LogP contribution in [0.3, 0.4) is 0 Å². The lowest BCUT2D eigenvalue weighted by Crippen LogP contribution is -2.32. The summed E-state index contributed by atoms with van der Waals surface area (Å²) in [5.41, 5.74) is 14.5. The fraction of sp³-hybridized carbons (Fsp3) is 0.0351. The minimum atomic E-state index is -2.51. The summed E-state index contributed by atoms with van der Waals surface area (Å²) >= 11 is 0. The van der Waals surface area contributed by atoms with Gasteiger partial charge in [0.2, 0.25) is 0 Å². The highest BCUT2D eigenvalue weighted by molar-refractivity contribution is 7.93. The van der Waals surface area contributed by atoms with Crippen LogP contribution in [0.1, 0.15) is 44.5 Å². The Balaban J connectivity index is 1.21. The average molecular weight is 757 g/mol. The van der Waals surface area contributed by atoms with Crippen LogP contribution < -0.4 is 15.9 Å². The second-order valence-corrected chi connectivity index (χ2v) is 18.8. The van der Waals surface area contributed by atoms with Crippen molar-refractivity contribution in [3.05, 3.63) is 281 Å². The van der Waals surface area contributed by atoms with Crippen LogP contribution in [0, 0.1) is 0 Å². The molecule has 0 saturated carbocycles. The molecule has 58 heavy (non-hydrogen) atoms. The molecule has 0 aromatic heterocycles. The zero-order valence-electron chi connectivity index (χ0n) is 32.2. The van der Waals surface area contributed by atoms with Crippen LogP contribution in [-0.2, 0) is 10.8 Å². The predicted octanol–water partition coefficient (Wildman–Crippen LogP) is 12.1. The second kappa shape index (κ2) is 13.5. The highest BCUT2D eigenvalue weighted by Gasteiger charge is 2.48. The van der Waals surface area contributed by atoms with Gasteiger partial charge >= 0.3 is 0 Å². The number of rotatable bonds is 7. The lowest BCUT2D eigenvalue weighted by molar-refractivity contribution is 0.769. The van der Waals surface area contributed by atoms with Crippen LogP contribution in [0.15, 0.2) is 237 Å². The first-order valence-electron chi connectivity index (χ1n) is 20.2. The Hall–Kier alpha value is -6.72. The van der Waals surface area contributed by atoms with E-state index in [2.05, 4.69) is 237 Å². The zero-order valence-corrected chi connectivity index (χ0v) is 33.1. The largest absolute Gasteiger partial charge is 0.0887 e. The molecule has 1 heteroatoms. The summed E-state index contributed by atoms with van der Waals surface area (Å²) < 4.78 is 0. The van der Waals surface area contributed by atoms with Gasteiger partial charge in [0, 0.05) is 0 Å². The SMILES string of the molecule is C=P(c1ccccc1)(c1ccc2c(c1)C(c1ccccc1)(c1ccccc1)c1ccccc1-2)c1ccc2c(c1)C(c1ccccc1)(c1ccccc1)c1ccccc1-2. The first kappa shape index (κ1) is 34.5. The van der Waals surface area contributed by atoms with Crippen molar-refractivity contribution in [2.24, 2.45) is 0 Å². The van der Waals surface area contributed by atoms with Crippen molar-refractivity contribution in [3.63, 3.8) is 0 Å². The molecule has 2 aliphatic carbocycles. The molecule has 0 heterocycles. The molecule has 0 unspecified atom stereocenters. The molecule has 0 spiro atoms. The van der Waals surface area contributed by atoms with E-state index < -0.39 is 17.7 Å². The van der Waals surface area contributed by atoms with E-state index >= 15 is 0 Å². The summed E-state index contributed by atoms with van der Waals surface area (Å²) in [6.07, 6.45) is 5.43. The van der Waals surface area contributed by atoms with Gasteiger partial charge in [-0.25, -0.2) is 0 Å². The van der Waals surface area contributed by atoms with Crippen LogP contribution in [-0.4, -0.2) is 6.30 Å². The van der Waals surface area contributed by atoms with Gasteiger partial charge in [0.25, 0.3) is 0 Å². The van der Waals surface area contributed by atoms with Crippen molar-refractivity contribution >= 4 is 29.1 Å². The smallest absolute Gasteiger partial charge is 0.0713 e. The van der Waals surface area contributed by atoms with E-state index in [4.69, 9.17) is 6.30 Å². The van der Waals surface area contributed by atoms with Crippen LogP contribution >= 0.6 is 6.89 Å². The minimum Gasteiger partial charge on any atom is -0.0887 e. The molecule has 0 bridgehead atoms. The lowest BCUT2D eigenvalue weighted by Gasteiger charge is -2.36. The third-order valence-corrected chi connectivity index (χ3v) is 16.5. The van der Waals surface area contributed by atoms with Gasteiger partial charge in [-0.05, 0) is 102 Å². The molecule has 0 radical (unpaired) electrons. The van der Waals surface area contributed by atoms with Gasteiger partial charge in [-0.3, -0.25) is 0 Å². The van der Waals surface area contributed by atoms with Gasteiger partial charge in [0.1, 0.15) is 0 Å². The molecular weight excluding hydrogens is 716 g/mol. The van der Waals surface area contributed by atoms with E-state index in [-0.39, 0.29) is 0 Å². The summed E-state index contributed by atoms with van der Waals surface area (Å²) in [6, 6.07) is 88.1. The Morgan fingerprint density at radius 1 is 0.259 bits per heavy atom. The highest BCUT2D eigenvalue weighted by atomic mass is 31.2. The number of benzene rings is 9. The van der Waals surface area contributed by atoms with Crippen LogP contribution in [0.5, 0.6) is 0 Å². The molecule has 0 aliphatic heterocycles. The van der Waals surface area contributed by atoms with Gasteiger partial charge in [-0.15, -0.1) is 0 Å². The first-order chi connectivity index (χ1) is 28.7. The minimum absolute atomic E-state index is 0.499. The maximum absolute atomic E-state index is 5.43. The maximum Gasteiger partial charge on any atom is 0.0713 e.